The smallest absolute Gasteiger partial charge is 0.191 e. The molecule has 31 heavy (non-hydrogen) atoms. The Labute approximate surface area is 185 Å². The van der Waals surface area contributed by atoms with Crippen molar-refractivity contribution in [1.82, 2.24) is 29.3 Å². The predicted octanol–water partition coefficient (Wildman–Crippen LogP) is 5.21. The molecule has 0 saturated heterocycles. The van der Waals surface area contributed by atoms with Crippen LogP contribution < -0.4 is 0 Å². The van der Waals surface area contributed by atoms with Gasteiger partial charge in [0.2, 0.25) is 0 Å². The molecule has 0 spiro atoms. The van der Waals surface area contributed by atoms with Gasteiger partial charge >= 0.3 is 0 Å². The van der Waals surface area contributed by atoms with Crippen LogP contribution in [0.15, 0.2) is 78.2 Å². The topological polar surface area (TPSA) is 61.4 Å². The van der Waals surface area contributed by atoms with Crippen LogP contribution >= 0.6 is 11.8 Å². The Kier molecular flexibility index (Phi) is 5.26. The van der Waals surface area contributed by atoms with Gasteiger partial charge in [-0.15, -0.1) is 10.2 Å². The first-order valence-corrected chi connectivity index (χ1v) is 11.2. The maximum Gasteiger partial charge on any atom is 0.191 e. The number of para-hydroxylation sites is 1. The van der Waals surface area contributed by atoms with Crippen LogP contribution in [0.2, 0.25) is 0 Å². The van der Waals surface area contributed by atoms with Gasteiger partial charge in [-0.3, -0.25) is 0 Å². The van der Waals surface area contributed by atoms with Gasteiger partial charge in [-0.2, -0.15) is 0 Å². The van der Waals surface area contributed by atoms with Crippen molar-refractivity contribution in [2.24, 2.45) is 7.05 Å². The van der Waals surface area contributed by atoms with Gasteiger partial charge in [0.15, 0.2) is 11.0 Å². The summed E-state index contributed by atoms with van der Waals surface area (Å²) in [5.41, 5.74) is 4.01. The second kappa shape index (κ2) is 8.35. The zero-order chi connectivity index (χ0) is 21.2. The lowest BCUT2D eigenvalue weighted by atomic mass is 10.0. The van der Waals surface area contributed by atoms with Crippen LogP contribution in [0.4, 0.5) is 0 Å². The first kappa shape index (κ1) is 19.5. The molecule has 5 aromatic rings. The van der Waals surface area contributed by atoms with E-state index in [9.17, 15) is 0 Å². The number of pyridine rings is 1. The molecule has 0 bridgehead atoms. The molecule has 6 nitrogen and oxygen atoms in total. The third-order valence-corrected chi connectivity index (χ3v) is 6.27. The van der Waals surface area contributed by atoms with Crippen LogP contribution in [0.3, 0.4) is 0 Å². The van der Waals surface area contributed by atoms with Crippen molar-refractivity contribution in [3.05, 3.63) is 78.9 Å². The standard InChI is InChI=1S/C24H22N6S/c1-3-30-23(27-28-24(30)31-16-22-25-13-14-29(22)2)19-15-21(17-9-5-4-6-10-17)26-20-12-8-7-11-18(19)20/h4-15H,3,16H2,1-2H3. The van der Waals surface area contributed by atoms with E-state index in [-0.39, 0.29) is 0 Å². The molecule has 0 radical (unpaired) electrons. The average Bonchev–Trinajstić information content (AvgIpc) is 3.42. The van der Waals surface area contributed by atoms with E-state index in [4.69, 9.17) is 4.98 Å². The largest absolute Gasteiger partial charge is 0.337 e. The van der Waals surface area contributed by atoms with Crippen LogP contribution in [-0.2, 0) is 19.3 Å². The number of thioether (sulfide) groups is 1. The lowest BCUT2D eigenvalue weighted by molar-refractivity contribution is 0.687. The molecule has 0 fully saturated rings. The van der Waals surface area contributed by atoms with Gasteiger partial charge in [0.25, 0.3) is 0 Å². The third kappa shape index (κ3) is 3.72. The molecule has 0 N–H and O–H groups in total. The molecule has 7 heteroatoms. The van der Waals surface area contributed by atoms with Gasteiger partial charge in [-0.25, -0.2) is 9.97 Å². The Bertz CT molecular complexity index is 1340. The maximum absolute atomic E-state index is 4.90. The van der Waals surface area contributed by atoms with E-state index in [1.165, 1.54) is 0 Å². The normalized spacial score (nSPS) is 11.3. The van der Waals surface area contributed by atoms with Gasteiger partial charge in [0, 0.05) is 42.5 Å². The summed E-state index contributed by atoms with van der Waals surface area (Å²) in [5.74, 6) is 2.62. The Balaban J connectivity index is 1.60. The van der Waals surface area contributed by atoms with E-state index in [1.807, 2.05) is 54.3 Å². The van der Waals surface area contributed by atoms with Crippen molar-refractivity contribution >= 4 is 22.7 Å². The monoisotopic (exact) mass is 426 g/mol. The summed E-state index contributed by atoms with van der Waals surface area (Å²) in [4.78, 5) is 9.31. The minimum Gasteiger partial charge on any atom is -0.337 e. The summed E-state index contributed by atoms with van der Waals surface area (Å²) < 4.78 is 4.20. The summed E-state index contributed by atoms with van der Waals surface area (Å²) in [7, 11) is 2.01. The highest BCUT2D eigenvalue weighted by molar-refractivity contribution is 7.98. The summed E-state index contributed by atoms with van der Waals surface area (Å²) in [6.45, 7) is 2.90. The van der Waals surface area contributed by atoms with Crippen LogP contribution in [0.5, 0.6) is 0 Å². The number of hydrogen-bond donors (Lipinski definition) is 0. The Hall–Kier alpha value is -3.45. The van der Waals surface area contributed by atoms with Crippen LogP contribution in [-0.4, -0.2) is 29.3 Å². The SMILES string of the molecule is CCn1c(SCc2nccn2C)nnc1-c1cc(-c2ccccc2)nc2ccccc12. The average molecular weight is 427 g/mol. The molecule has 0 aliphatic heterocycles. The highest BCUT2D eigenvalue weighted by atomic mass is 32.2. The quantitative estimate of drug-likeness (QED) is 0.349. The molecule has 0 aliphatic rings. The Morgan fingerprint density at radius 1 is 0.968 bits per heavy atom. The fourth-order valence-electron chi connectivity index (χ4n) is 3.66. The van der Waals surface area contributed by atoms with Crippen molar-refractivity contribution in [2.45, 2.75) is 24.4 Å². The van der Waals surface area contributed by atoms with Crippen molar-refractivity contribution in [3.63, 3.8) is 0 Å². The number of fused-ring (bicyclic) bond motifs is 1. The van der Waals surface area contributed by atoms with Gasteiger partial charge in [0.05, 0.1) is 17.0 Å². The molecular formula is C24H22N6S. The Morgan fingerprint density at radius 3 is 2.55 bits per heavy atom. The van der Waals surface area contributed by atoms with Gasteiger partial charge in [-0.1, -0.05) is 60.3 Å². The molecule has 0 aliphatic carbocycles. The van der Waals surface area contributed by atoms with E-state index < -0.39 is 0 Å². The lowest BCUT2D eigenvalue weighted by Gasteiger charge is -2.12. The van der Waals surface area contributed by atoms with Crippen LogP contribution in [0.25, 0.3) is 33.5 Å². The number of nitrogens with zero attached hydrogens (tertiary/aromatic N) is 6. The fourth-order valence-corrected chi connectivity index (χ4v) is 4.67. The number of aromatic nitrogens is 6. The number of rotatable bonds is 6. The molecule has 0 amide bonds. The van der Waals surface area contributed by atoms with Crippen LogP contribution in [0, 0.1) is 0 Å². The summed E-state index contributed by atoms with van der Waals surface area (Å²) in [6.07, 6.45) is 3.78. The third-order valence-electron chi connectivity index (χ3n) is 5.31. The van der Waals surface area contributed by atoms with E-state index in [0.717, 1.165) is 56.8 Å². The van der Waals surface area contributed by atoms with E-state index >= 15 is 0 Å². The zero-order valence-electron chi connectivity index (χ0n) is 17.4. The minimum absolute atomic E-state index is 0.744. The Morgan fingerprint density at radius 2 is 1.77 bits per heavy atom. The van der Waals surface area contributed by atoms with Crippen molar-refractivity contribution in [1.29, 1.82) is 0 Å². The van der Waals surface area contributed by atoms with E-state index in [0.29, 0.717) is 0 Å². The molecule has 0 saturated carbocycles. The highest BCUT2D eigenvalue weighted by Gasteiger charge is 2.18. The second-order valence-corrected chi connectivity index (χ2v) is 8.17. The van der Waals surface area contributed by atoms with Gasteiger partial charge < -0.3 is 9.13 Å². The minimum atomic E-state index is 0.744. The number of hydrogen-bond acceptors (Lipinski definition) is 5. The van der Waals surface area contributed by atoms with E-state index in [2.05, 4.69) is 57.0 Å². The molecule has 3 heterocycles. The van der Waals surface area contributed by atoms with Gasteiger partial charge in [0.1, 0.15) is 5.82 Å². The van der Waals surface area contributed by atoms with Crippen molar-refractivity contribution in [3.8, 4) is 22.6 Å². The van der Waals surface area contributed by atoms with Gasteiger partial charge in [-0.05, 0) is 19.1 Å². The fraction of sp³-hybridized carbons (Fsp3) is 0.167. The molecule has 0 atom stereocenters. The molecular weight excluding hydrogens is 404 g/mol. The summed E-state index contributed by atoms with van der Waals surface area (Å²) in [5, 5.41) is 11.1. The zero-order valence-corrected chi connectivity index (χ0v) is 18.3. The number of benzene rings is 2. The maximum atomic E-state index is 4.90. The second-order valence-electron chi connectivity index (χ2n) is 7.23. The molecule has 5 rings (SSSR count). The van der Waals surface area contributed by atoms with Crippen LogP contribution in [0.1, 0.15) is 12.7 Å². The predicted molar refractivity (Wildman–Crippen MR) is 125 cm³/mol. The first-order valence-electron chi connectivity index (χ1n) is 10.2. The molecule has 3 aromatic heterocycles. The van der Waals surface area contributed by atoms with Crippen molar-refractivity contribution in [2.75, 3.05) is 0 Å². The van der Waals surface area contributed by atoms with E-state index in [1.54, 1.807) is 11.8 Å². The summed E-state index contributed by atoms with van der Waals surface area (Å²) >= 11 is 1.66. The highest BCUT2D eigenvalue weighted by Crippen LogP contribution is 2.33. The van der Waals surface area contributed by atoms with Crippen molar-refractivity contribution < 1.29 is 0 Å². The lowest BCUT2D eigenvalue weighted by Crippen LogP contribution is -2.02. The molecule has 154 valence electrons. The molecule has 0 unspecified atom stereocenters. The molecule has 2 aromatic carbocycles. The first-order chi connectivity index (χ1) is 15.2. The summed E-state index contributed by atoms with van der Waals surface area (Å²) in [6, 6.07) is 20.6. The number of imidazole rings is 1. The number of aryl methyl sites for hydroxylation is 1.